The molecule has 0 N–H and O–H groups in total. The van der Waals surface area contributed by atoms with Gasteiger partial charge in [0.05, 0.1) is 11.6 Å². The molecule has 38 heavy (non-hydrogen) atoms. The molecule has 0 heterocycles. The number of esters is 1. The van der Waals surface area contributed by atoms with E-state index in [2.05, 4.69) is 13.0 Å². The SMILES string of the molecule is CCCCC(=O)N(Cc1ccc(-c2ccccc2)c(C#N)c1)C1(C(=O)OCc2ccccc2)CCCCC1. The number of amides is 1. The Morgan fingerprint density at radius 2 is 1.61 bits per heavy atom. The van der Waals surface area contributed by atoms with E-state index in [1.54, 1.807) is 4.90 Å². The summed E-state index contributed by atoms with van der Waals surface area (Å²) in [7, 11) is 0. The monoisotopic (exact) mass is 508 g/mol. The number of carbonyl (C=O) groups is 2. The second-order valence-corrected chi connectivity index (χ2v) is 10.1. The largest absolute Gasteiger partial charge is 0.459 e. The summed E-state index contributed by atoms with van der Waals surface area (Å²) in [6, 6.07) is 27.6. The highest BCUT2D eigenvalue weighted by atomic mass is 16.5. The van der Waals surface area contributed by atoms with Crippen molar-refractivity contribution in [3.05, 3.63) is 95.6 Å². The lowest BCUT2D eigenvalue weighted by molar-refractivity contribution is -0.169. The van der Waals surface area contributed by atoms with E-state index in [-0.39, 0.29) is 25.0 Å². The van der Waals surface area contributed by atoms with Crippen molar-refractivity contribution in [1.82, 2.24) is 4.90 Å². The van der Waals surface area contributed by atoms with Crippen LogP contribution >= 0.6 is 0 Å². The first-order valence-electron chi connectivity index (χ1n) is 13.7. The zero-order valence-corrected chi connectivity index (χ0v) is 22.2. The fraction of sp³-hybridized carbons (Fsp3) is 0.364. The Labute approximate surface area is 226 Å². The molecule has 3 aromatic rings. The number of ether oxygens (including phenoxy) is 1. The van der Waals surface area contributed by atoms with E-state index in [4.69, 9.17) is 4.74 Å². The standard InChI is InChI=1S/C33H36N2O3/c1-2-3-17-31(36)35(24-27-18-19-30(29(22-27)23-34)28-15-9-5-10-16-28)33(20-11-6-12-21-33)32(37)38-25-26-13-7-4-8-14-26/h4-5,7-10,13-16,18-19,22H,2-3,6,11-12,17,20-21,24-25H2,1H3. The molecule has 1 aliphatic carbocycles. The molecule has 4 rings (SSSR count). The van der Waals surface area contributed by atoms with Crippen LogP contribution in [0.25, 0.3) is 11.1 Å². The lowest BCUT2D eigenvalue weighted by atomic mass is 9.79. The molecule has 5 nitrogen and oxygen atoms in total. The third-order valence-corrected chi connectivity index (χ3v) is 7.47. The van der Waals surface area contributed by atoms with E-state index in [0.29, 0.717) is 24.8 Å². The first-order chi connectivity index (χ1) is 18.6. The first kappa shape index (κ1) is 27.1. The number of benzene rings is 3. The summed E-state index contributed by atoms with van der Waals surface area (Å²) < 4.78 is 5.88. The average molecular weight is 509 g/mol. The predicted molar refractivity (Wildman–Crippen MR) is 149 cm³/mol. The molecule has 3 aromatic carbocycles. The van der Waals surface area contributed by atoms with E-state index in [1.807, 2.05) is 78.9 Å². The van der Waals surface area contributed by atoms with Gasteiger partial charge in [-0.1, -0.05) is 105 Å². The topological polar surface area (TPSA) is 70.4 Å². The second-order valence-electron chi connectivity index (χ2n) is 10.1. The molecule has 0 spiro atoms. The first-order valence-corrected chi connectivity index (χ1v) is 13.7. The minimum atomic E-state index is -0.997. The van der Waals surface area contributed by atoms with E-state index in [0.717, 1.165) is 54.4 Å². The molecule has 0 aromatic heterocycles. The highest BCUT2D eigenvalue weighted by Gasteiger charge is 2.48. The van der Waals surface area contributed by atoms with Crippen molar-refractivity contribution < 1.29 is 14.3 Å². The maximum atomic E-state index is 13.8. The summed E-state index contributed by atoms with van der Waals surface area (Å²) in [5.41, 5.74) is 3.15. The quantitative estimate of drug-likeness (QED) is 0.272. The van der Waals surface area contributed by atoms with Gasteiger partial charge in [-0.15, -0.1) is 0 Å². The Kier molecular flexibility index (Phi) is 9.32. The van der Waals surface area contributed by atoms with Gasteiger partial charge in [0.25, 0.3) is 0 Å². The number of rotatable bonds is 10. The molecule has 0 bridgehead atoms. The number of unbranched alkanes of at least 4 members (excludes halogenated alkanes) is 1. The fourth-order valence-corrected chi connectivity index (χ4v) is 5.35. The van der Waals surface area contributed by atoms with E-state index in [1.165, 1.54) is 0 Å². The number of nitrogens with zero attached hydrogens (tertiary/aromatic N) is 2. The lowest BCUT2D eigenvalue weighted by Crippen LogP contribution is -2.58. The Hall–Kier alpha value is -3.91. The van der Waals surface area contributed by atoms with Gasteiger partial charge in [0.15, 0.2) is 0 Å². The molecular formula is C33H36N2O3. The van der Waals surface area contributed by atoms with Crippen LogP contribution in [0.4, 0.5) is 0 Å². The second kappa shape index (κ2) is 13.1. The van der Waals surface area contributed by atoms with Crippen molar-refractivity contribution in [2.24, 2.45) is 0 Å². The van der Waals surface area contributed by atoms with Gasteiger partial charge in [-0.25, -0.2) is 4.79 Å². The van der Waals surface area contributed by atoms with Gasteiger partial charge in [0.1, 0.15) is 12.1 Å². The van der Waals surface area contributed by atoms with Gasteiger partial charge in [0, 0.05) is 13.0 Å². The molecule has 1 saturated carbocycles. The highest BCUT2D eigenvalue weighted by Crippen LogP contribution is 2.37. The maximum Gasteiger partial charge on any atom is 0.332 e. The van der Waals surface area contributed by atoms with Crippen molar-refractivity contribution in [3.8, 4) is 17.2 Å². The molecule has 1 amide bonds. The third-order valence-electron chi connectivity index (χ3n) is 7.47. The molecule has 5 heteroatoms. The van der Waals surface area contributed by atoms with Crippen LogP contribution in [0, 0.1) is 11.3 Å². The van der Waals surface area contributed by atoms with Crippen LogP contribution in [0.2, 0.25) is 0 Å². The average Bonchev–Trinajstić information content (AvgIpc) is 2.98. The normalized spacial score (nSPS) is 14.3. The number of hydrogen-bond donors (Lipinski definition) is 0. The highest BCUT2D eigenvalue weighted by molar-refractivity contribution is 5.88. The Morgan fingerprint density at radius 1 is 0.921 bits per heavy atom. The minimum Gasteiger partial charge on any atom is -0.459 e. The van der Waals surface area contributed by atoms with Crippen molar-refractivity contribution in [3.63, 3.8) is 0 Å². The minimum absolute atomic E-state index is 0.0314. The summed E-state index contributed by atoms with van der Waals surface area (Å²) in [4.78, 5) is 29.3. The third kappa shape index (κ3) is 6.31. The maximum absolute atomic E-state index is 13.8. The van der Waals surface area contributed by atoms with Crippen LogP contribution in [-0.2, 0) is 27.5 Å². The van der Waals surface area contributed by atoms with Gasteiger partial charge in [-0.05, 0) is 47.6 Å². The molecular weight excluding hydrogens is 472 g/mol. The predicted octanol–water partition coefficient (Wildman–Crippen LogP) is 7.19. The summed E-state index contributed by atoms with van der Waals surface area (Å²) in [5, 5.41) is 9.92. The molecule has 196 valence electrons. The fourth-order valence-electron chi connectivity index (χ4n) is 5.35. The summed E-state index contributed by atoms with van der Waals surface area (Å²) in [6.07, 6.45) is 6.00. The van der Waals surface area contributed by atoms with Crippen LogP contribution in [0.15, 0.2) is 78.9 Å². The van der Waals surface area contributed by atoms with Gasteiger partial charge in [0.2, 0.25) is 5.91 Å². The number of nitriles is 1. The van der Waals surface area contributed by atoms with Gasteiger partial charge >= 0.3 is 5.97 Å². The van der Waals surface area contributed by atoms with Crippen LogP contribution in [0.3, 0.4) is 0 Å². The molecule has 0 saturated heterocycles. The number of hydrogen-bond acceptors (Lipinski definition) is 4. The Morgan fingerprint density at radius 3 is 2.26 bits per heavy atom. The van der Waals surface area contributed by atoms with Crippen LogP contribution in [0.5, 0.6) is 0 Å². The van der Waals surface area contributed by atoms with Gasteiger partial charge < -0.3 is 9.64 Å². The molecule has 0 aliphatic heterocycles. The zero-order valence-electron chi connectivity index (χ0n) is 22.2. The van der Waals surface area contributed by atoms with Crippen LogP contribution < -0.4 is 0 Å². The van der Waals surface area contributed by atoms with Crippen LogP contribution in [-0.4, -0.2) is 22.3 Å². The Bertz CT molecular complexity index is 1260. The molecule has 1 fully saturated rings. The zero-order chi connectivity index (χ0) is 26.8. The number of carbonyl (C=O) groups excluding carboxylic acids is 2. The van der Waals surface area contributed by atoms with E-state index < -0.39 is 5.54 Å². The van der Waals surface area contributed by atoms with Crippen LogP contribution in [0.1, 0.15) is 75.0 Å². The summed E-state index contributed by atoms with van der Waals surface area (Å²) in [5.74, 6) is -0.358. The summed E-state index contributed by atoms with van der Waals surface area (Å²) in [6.45, 7) is 2.51. The van der Waals surface area contributed by atoms with Crippen molar-refractivity contribution >= 4 is 11.9 Å². The smallest absolute Gasteiger partial charge is 0.332 e. The van der Waals surface area contributed by atoms with Crippen molar-refractivity contribution in [2.75, 3.05) is 0 Å². The molecule has 0 radical (unpaired) electrons. The lowest BCUT2D eigenvalue weighted by Gasteiger charge is -2.44. The van der Waals surface area contributed by atoms with Crippen molar-refractivity contribution in [2.45, 2.75) is 77.0 Å². The van der Waals surface area contributed by atoms with Crippen molar-refractivity contribution in [1.29, 1.82) is 5.26 Å². The Balaban J connectivity index is 1.66. The molecule has 1 aliphatic rings. The molecule has 0 atom stereocenters. The van der Waals surface area contributed by atoms with Gasteiger partial charge in [-0.3, -0.25) is 4.79 Å². The van der Waals surface area contributed by atoms with E-state index >= 15 is 0 Å². The van der Waals surface area contributed by atoms with E-state index in [9.17, 15) is 14.9 Å². The van der Waals surface area contributed by atoms with Gasteiger partial charge in [-0.2, -0.15) is 5.26 Å². The molecule has 0 unspecified atom stereocenters. The summed E-state index contributed by atoms with van der Waals surface area (Å²) >= 11 is 0.